The van der Waals surface area contributed by atoms with Crippen molar-refractivity contribution in [3.63, 3.8) is 0 Å². The lowest BCUT2D eigenvalue weighted by Crippen LogP contribution is -2.44. The van der Waals surface area contributed by atoms with Gasteiger partial charge in [0.25, 0.3) is 15.9 Å². The van der Waals surface area contributed by atoms with Gasteiger partial charge in [-0.3, -0.25) is 4.79 Å². The molecule has 2 aromatic heterocycles. The molecule has 13 heteroatoms. The van der Waals surface area contributed by atoms with Crippen LogP contribution in [0.25, 0.3) is 5.82 Å². The van der Waals surface area contributed by atoms with Crippen LogP contribution in [-0.4, -0.2) is 50.7 Å². The van der Waals surface area contributed by atoms with Crippen LogP contribution in [0.4, 0.5) is 13.2 Å². The molecule has 2 aliphatic rings. The van der Waals surface area contributed by atoms with Crippen LogP contribution in [0, 0.1) is 11.3 Å². The van der Waals surface area contributed by atoms with Gasteiger partial charge in [-0.1, -0.05) is 45.0 Å². The predicted molar refractivity (Wildman–Crippen MR) is 150 cm³/mol. The Morgan fingerprint density at radius 2 is 1.85 bits per heavy atom. The number of alkyl halides is 3. The molecular formula is C28H33F3N4O4SSi. The van der Waals surface area contributed by atoms with E-state index in [-0.39, 0.29) is 47.2 Å². The van der Waals surface area contributed by atoms with Gasteiger partial charge in [0.15, 0.2) is 5.82 Å². The third kappa shape index (κ3) is 6.06. The maximum Gasteiger partial charge on any atom is 0.394 e. The summed E-state index contributed by atoms with van der Waals surface area (Å²) in [4.78, 5) is 18.2. The van der Waals surface area contributed by atoms with Crippen molar-refractivity contribution >= 4 is 30.0 Å². The van der Waals surface area contributed by atoms with Crippen molar-refractivity contribution in [3.05, 3.63) is 60.3 Å². The maximum absolute atomic E-state index is 13.4. The number of halogens is 3. The SMILES string of the molecule is CC1C[SiH](c2nc(-n3ccc(OCCC4(C(F)(F)F)CC4)n3)ccc2C(=O)NS(=O)(=O)c2ccccc2)C(C)(C)C1. The Hall–Kier alpha value is -3.19. The number of nitrogens with one attached hydrogen (secondary N) is 1. The Morgan fingerprint density at radius 3 is 2.46 bits per heavy atom. The first-order chi connectivity index (χ1) is 19.2. The maximum atomic E-state index is 13.4. The van der Waals surface area contributed by atoms with E-state index in [1.165, 1.54) is 16.8 Å². The van der Waals surface area contributed by atoms with E-state index >= 15 is 0 Å². The molecule has 8 nitrogen and oxygen atoms in total. The first-order valence-corrected chi connectivity index (χ1v) is 17.0. The molecule has 5 rings (SSSR count). The van der Waals surface area contributed by atoms with Crippen molar-refractivity contribution in [2.45, 2.75) is 68.6 Å². The first kappa shape index (κ1) is 29.3. The fourth-order valence-electron chi connectivity index (χ4n) is 5.90. The molecule has 3 aromatic rings. The molecule has 1 aromatic carbocycles. The van der Waals surface area contributed by atoms with E-state index in [4.69, 9.17) is 9.72 Å². The van der Waals surface area contributed by atoms with Crippen molar-refractivity contribution < 1.29 is 31.1 Å². The summed E-state index contributed by atoms with van der Waals surface area (Å²) in [5.74, 6) is 0.282. The summed E-state index contributed by atoms with van der Waals surface area (Å²) in [7, 11) is -5.97. The van der Waals surface area contributed by atoms with Crippen LogP contribution in [0.15, 0.2) is 59.6 Å². The number of sulfonamides is 1. The third-order valence-electron chi connectivity index (χ3n) is 8.31. The molecule has 0 spiro atoms. The molecule has 1 saturated heterocycles. The predicted octanol–water partition coefficient (Wildman–Crippen LogP) is 4.75. The Morgan fingerprint density at radius 1 is 1.15 bits per heavy atom. The number of aromatic nitrogens is 3. The molecule has 2 fully saturated rings. The van der Waals surface area contributed by atoms with Gasteiger partial charge in [-0.25, -0.2) is 22.8 Å². The molecule has 1 amide bonds. The van der Waals surface area contributed by atoms with E-state index in [0.29, 0.717) is 17.1 Å². The molecule has 41 heavy (non-hydrogen) atoms. The van der Waals surface area contributed by atoms with Crippen LogP contribution in [0.5, 0.6) is 5.88 Å². The largest absolute Gasteiger partial charge is 0.477 e. The second-order valence-electron chi connectivity index (χ2n) is 11.9. The molecule has 220 valence electrons. The van der Waals surface area contributed by atoms with Crippen LogP contribution in [0.3, 0.4) is 0 Å². The molecule has 1 aliphatic carbocycles. The molecule has 1 N–H and O–H groups in total. The Kier molecular flexibility index (Phi) is 7.56. The van der Waals surface area contributed by atoms with E-state index in [0.717, 1.165) is 12.5 Å². The molecular weight excluding hydrogens is 573 g/mol. The van der Waals surface area contributed by atoms with E-state index in [2.05, 4.69) is 30.6 Å². The third-order valence-corrected chi connectivity index (χ3v) is 14.2. The summed E-state index contributed by atoms with van der Waals surface area (Å²) in [5.41, 5.74) is -1.43. The van der Waals surface area contributed by atoms with Gasteiger partial charge in [0.05, 0.1) is 22.5 Å². The molecule has 3 heterocycles. The minimum Gasteiger partial charge on any atom is -0.477 e. The number of pyridine rings is 1. The van der Waals surface area contributed by atoms with Crippen LogP contribution in [-0.2, 0) is 10.0 Å². The highest BCUT2D eigenvalue weighted by Gasteiger charge is 2.62. The Bertz CT molecular complexity index is 1540. The van der Waals surface area contributed by atoms with Gasteiger partial charge >= 0.3 is 6.18 Å². The van der Waals surface area contributed by atoms with Crippen molar-refractivity contribution in [2.75, 3.05) is 6.61 Å². The molecule has 0 radical (unpaired) electrons. The Labute approximate surface area is 239 Å². The van der Waals surface area contributed by atoms with Crippen molar-refractivity contribution in [3.8, 4) is 11.7 Å². The van der Waals surface area contributed by atoms with E-state index < -0.39 is 36.3 Å². The quantitative estimate of drug-likeness (QED) is 0.353. The van der Waals surface area contributed by atoms with Gasteiger partial charge < -0.3 is 4.74 Å². The molecule has 1 saturated carbocycles. The number of carbonyl (C=O) groups excluding carboxylic acids is 1. The lowest BCUT2D eigenvalue weighted by atomic mass is 10.0. The fraction of sp³-hybridized carbons (Fsp3) is 0.464. The van der Waals surface area contributed by atoms with Gasteiger partial charge in [-0.2, -0.15) is 13.2 Å². The first-order valence-electron chi connectivity index (χ1n) is 13.6. The zero-order chi connectivity index (χ0) is 29.6. The summed E-state index contributed by atoms with van der Waals surface area (Å²) in [6.07, 6.45) is -1.55. The summed E-state index contributed by atoms with van der Waals surface area (Å²) in [5, 5.41) is 4.89. The van der Waals surface area contributed by atoms with Crippen LogP contribution in [0.2, 0.25) is 11.1 Å². The zero-order valence-corrected chi connectivity index (χ0v) is 25.1. The molecule has 2 unspecified atom stereocenters. The smallest absolute Gasteiger partial charge is 0.394 e. The molecule has 1 aliphatic heterocycles. The zero-order valence-electron chi connectivity index (χ0n) is 23.1. The standard InChI is InChI=1S/C28H33F3N4O4SSi/c1-19-17-26(2,3)41(18-19)25-21(24(36)34-40(37,38)20-7-5-4-6-8-20)9-10-22(32-25)35-15-11-23(33-35)39-16-14-27(12-13-27)28(29,30)31/h4-11,15,19,41H,12-14,16-18H2,1-3H3,(H,34,36). The Balaban J connectivity index is 1.40. The average Bonchev–Trinajstić information content (AvgIpc) is 3.47. The number of hydrogen-bond acceptors (Lipinski definition) is 6. The highest BCUT2D eigenvalue weighted by Crippen LogP contribution is 2.59. The lowest BCUT2D eigenvalue weighted by Gasteiger charge is -2.27. The topological polar surface area (TPSA) is 103 Å². The monoisotopic (exact) mass is 606 g/mol. The van der Waals surface area contributed by atoms with Gasteiger partial charge in [-0.15, -0.1) is 5.10 Å². The summed E-state index contributed by atoms with van der Waals surface area (Å²) in [6, 6.07) is 13.3. The normalized spacial score (nSPS) is 21.4. The van der Waals surface area contributed by atoms with Crippen LogP contribution in [0.1, 0.15) is 56.8 Å². The molecule has 2 atom stereocenters. The van der Waals surface area contributed by atoms with Gasteiger partial charge in [-0.05, 0) is 60.9 Å². The second kappa shape index (κ2) is 10.6. The summed E-state index contributed by atoms with van der Waals surface area (Å²) >= 11 is 0. The minimum atomic E-state index is -4.24. The molecule has 0 bridgehead atoms. The summed E-state index contributed by atoms with van der Waals surface area (Å²) in [6.45, 7) is 6.39. The van der Waals surface area contributed by atoms with Crippen molar-refractivity contribution in [2.24, 2.45) is 11.3 Å². The number of carbonyl (C=O) groups is 1. The van der Waals surface area contributed by atoms with Crippen molar-refractivity contribution in [1.29, 1.82) is 0 Å². The highest BCUT2D eigenvalue weighted by molar-refractivity contribution is 7.90. The number of hydrogen-bond donors (Lipinski definition) is 1. The fourth-order valence-corrected chi connectivity index (χ4v) is 11.0. The highest BCUT2D eigenvalue weighted by atomic mass is 32.2. The number of rotatable bonds is 9. The average molecular weight is 607 g/mol. The lowest BCUT2D eigenvalue weighted by molar-refractivity contribution is -0.190. The summed E-state index contributed by atoms with van der Waals surface area (Å²) < 4.78 is 74.6. The number of amides is 1. The minimum absolute atomic E-state index is 0.0153. The van der Waals surface area contributed by atoms with Gasteiger partial charge in [0.1, 0.15) is 8.80 Å². The number of benzene rings is 1. The van der Waals surface area contributed by atoms with Crippen LogP contribution < -0.4 is 14.8 Å². The van der Waals surface area contributed by atoms with Crippen LogP contribution >= 0.6 is 0 Å². The number of ether oxygens (including phenoxy) is 1. The second-order valence-corrected chi connectivity index (χ2v) is 17.3. The number of nitrogens with zero attached hydrogens (tertiary/aromatic N) is 3. The van der Waals surface area contributed by atoms with E-state index in [9.17, 15) is 26.4 Å². The van der Waals surface area contributed by atoms with Gasteiger partial charge in [0, 0.05) is 17.6 Å². The van der Waals surface area contributed by atoms with E-state index in [1.807, 2.05) is 0 Å². The van der Waals surface area contributed by atoms with Gasteiger partial charge in [0.2, 0.25) is 5.88 Å². The van der Waals surface area contributed by atoms with Crippen molar-refractivity contribution in [1.82, 2.24) is 19.5 Å². The van der Waals surface area contributed by atoms with E-state index in [1.54, 1.807) is 42.6 Å².